The molecule has 0 unspecified atom stereocenters. The van der Waals surface area contributed by atoms with Crippen molar-refractivity contribution >= 4 is 23.3 Å². The van der Waals surface area contributed by atoms with Gasteiger partial charge in [0.1, 0.15) is 17.0 Å². The molecule has 5 rings (SSSR count). The Morgan fingerprint density at radius 2 is 2.09 bits per heavy atom. The Hall–Kier alpha value is -3.86. The lowest BCUT2D eigenvalue weighted by Gasteiger charge is -2.30. The molecular weight excluding hydrogens is 452 g/mol. The maximum Gasteiger partial charge on any atom is 0.407 e. The van der Waals surface area contributed by atoms with Crippen LogP contribution in [0.3, 0.4) is 0 Å². The smallest absolute Gasteiger partial charge is 0.407 e. The summed E-state index contributed by atoms with van der Waals surface area (Å²) >= 11 is 6.20. The molecule has 1 fully saturated rings. The molecule has 170 valence electrons. The van der Waals surface area contributed by atoms with Gasteiger partial charge in [-0.05, 0) is 31.0 Å². The van der Waals surface area contributed by atoms with E-state index in [2.05, 4.69) is 20.2 Å². The maximum atomic E-state index is 12.4. The number of hydrogen-bond acceptors (Lipinski definition) is 7. The number of nitrogens with one attached hydrogen (secondary N) is 1. The van der Waals surface area contributed by atoms with Crippen molar-refractivity contribution in [3.05, 3.63) is 51.5 Å². The molecule has 1 aromatic carbocycles. The summed E-state index contributed by atoms with van der Waals surface area (Å²) in [5, 5.41) is 18.1. The number of fused-ring (bicyclic) bond motifs is 1. The highest BCUT2D eigenvalue weighted by molar-refractivity contribution is 6.32. The van der Waals surface area contributed by atoms with Crippen molar-refractivity contribution in [1.82, 2.24) is 29.6 Å². The number of hydrogen-bond donors (Lipinski definition) is 2. The quantitative estimate of drug-likeness (QED) is 0.463. The predicted octanol–water partition coefficient (Wildman–Crippen LogP) is 3.26. The van der Waals surface area contributed by atoms with E-state index in [0.29, 0.717) is 65.0 Å². The number of aromatic amines is 1. The first-order valence-corrected chi connectivity index (χ1v) is 10.6. The molecule has 1 aliphatic rings. The standard InChI is InChI=1S/C21H19ClN6O5/c1-32-16-3-2-12(8-14(16)22)18-25-20(33-26-18)13-10-23-28-15(9-17(29)24-19(13)28)11-4-6-27(7-5-11)21(30)31/h2-3,8-11H,4-7H2,1H3,(H,24,29)(H,30,31). The number of nitrogens with zero attached hydrogens (tertiary/aromatic N) is 5. The fourth-order valence-corrected chi connectivity index (χ4v) is 4.34. The van der Waals surface area contributed by atoms with E-state index < -0.39 is 6.09 Å². The molecule has 0 atom stereocenters. The van der Waals surface area contributed by atoms with Crippen LogP contribution >= 0.6 is 11.6 Å². The van der Waals surface area contributed by atoms with Crippen molar-refractivity contribution in [3.8, 4) is 28.6 Å². The lowest BCUT2D eigenvalue weighted by atomic mass is 9.93. The fraction of sp³-hybridized carbons (Fsp3) is 0.286. The van der Waals surface area contributed by atoms with Crippen LogP contribution in [-0.4, -0.2) is 61.0 Å². The van der Waals surface area contributed by atoms with Crippen LogP contribution < -0.4 is 10.3 Å². The largest absolute Gasteiger partial charge is 0.495 e. The third-order valence-electron chi connectivity index (χ3n) is 5.78. The van der Waals surface area contributed by atoms with Crippen LogP contribution in [0.15, 0.2) is 39.8 Å². The van der Waals surface area contributed by atoms with Gasteiger partial charge in [-0.15, -0.1) is 0 Å². The number of H-pyrrole nitrogens is 1. The molecule has 1 aliphatic heterocycles. The number of halogens is 1. The first-order chi connectivity index (χ1) is 15.9. The molecule has 0 radical (unpaired) electrons. The zero-order valence-electron chi connectivity index (χ0n) is 17.5. The van der Waals surface area contributed by atoms with E-state index >= 15 is 0 Å². The summed E-state index contributed by atoms with van der Waals surface area (Å²) in [6, 6.07) is 6.65. The van der Waals surface area contributed by atoms with Gasteiger partial charge in [0.05, 0.1) is 24.0 Å². The summed E-state index contributed by atoms with van der Waals surface area (Å²) in [6.07, 6.45) is 1.82. The van der Waals surface area contributed by atoms with Crippen molar-refractivity contribution in [1.29, 1.82) is 0 Å². The molecule has 0 spiro atoms. The second kappa shape index (κ2) is 8.24. The molecule has 3 aromatic heterocycles. The number of piperidine rings is 1. The van der Waals surface area contributed by atoms with Gasteiger partial charge in [-0.2, -0.15) is 10.1 Å². The summed E-state index contributed by atoms with van der Waals surface area (Å²) in [5.74, 6) is 1.05. The van der Waals surface area contributed by atoms with Gasteiger partial charge in [0.2, 0.25) is 5.82 Å². The number of likely N-dealkylation sites (tertiary alicyclic amines) is 1. The Labute approximate surface area is 191 Å². The lowest BCUT2D eigenvalue weighted by Crippen LogP contribution is -2.37. The van der Waals surface area contributed by atoms with Gasteiger partial charge in [0.25, 0.3) is 11.4 Å². The van der Waals surface area contributed by atoms with E-state index in [1.54, 1.807) is 28.9 Å². The van der Waals surface area contributed by atoms with Gasteiger partial charge in [0, 0.05) is 30.6 Å². The average Bonchev–Trinajstić information content (AvgIpc) is 3.45. The summed E-state index contributed by atoms with van der Waals surface area (Å²) in [4.78, 5) is 32.2. The molecule has 4 aromatic rings. The lowest BCUT2D eigenvalue weighted by molar-refractivity contribution is 0.131. The second-order valence-electron chi connectivity index (χ2n) is 7.69. The van der Waals surface area contributed by atoms with Crippen LogP contribution in [0.4, 0.5) is 4.79 Å². The highest BCUT2D eigenvalue weighted by atomic mass is 35.5. The Morgan fingerprint density at radius 3 is 2.79 bits per heavy atom. The maximum absolute atomic E-state index is 12.4. The minimum Gasteiger partial charge on any atom is -0.495 e. The van der Waals surface area contributed by atoms with Crippen molar-refractivity contribution in [2.24, 2.45) is 0 Å². The number of benzene rings is 1. The molecule has 12 heteroatoms. The fourth-order valence-electron chi connectivity index (χ4n) is 4.08. The summed E-state index contributed by atoms with van der Waals surface area (Å²) in [5.41, 5.74) is 1.98. The Kier molecular flexibility index (Phi) is 5.25. The minimum absolute atomic E-state index is 0.00200. The van der Waals surface area contributed by atoms with Gasteiger partial charge in [0.15, 0.2) is 0 Å². The van der Waals surface area contributed by atoms with Crippen LogP contribution in [0, 0.1) is 0 Å². The van der Waals surface area contributed by atoms with Gasteiger partial charge >= 0.3 is 6.09 Å². The molecule has 11 nitrogen and oxygen atoms in total. The summed E-state index contributed by atoms with van der Waals surface area (Å²) in [7, 11) is 1.53. The average molecular weight is 471 g/mol. The Balaban J connectivity index is 1.49. The molecule has 0 aliphatic carbocycles. The molecule has 4 heterocycles. The van der Waals surface area contributed by atoms with Crippen molar-refractivity contribution < 1.29 is 19.2 Å². The number of aromatic nitrogens is 5. The third kappa shape index (κ3) is 3.80. The Morgan fingerprint density at radius 1 is 1.30 bits per heavy atom. The van der Waals surface area contributed by atoms with E-state index in [9.17, 15) is 14.7 Å². The Bertz CT molecular complexity index is 1400. The number of carbonyl (C=O) groups is 1. The third-order valence-corrected chi connectivity index (χ3v) is 6.08. The van der Waals surface area contributed by atoms with Crippen LogP contribution in [0.2, 0.25) is 5.02 Å². The summed E-state index contributed by atoms with van der Waals surface area (Å²) < 4.78 is 12.3. The van der Waals surface area contributed by atoms with Crippen LogP contribution in [0.25, 0.3) is 28.5 Å². The zero-order chi connectivity index (χ0) is 23.1. The normalized spacial score (nSPS) is 14.7. The van der Waals surface area contributed by atoms with E-state index in [1.165, 1.54) is 18.1 Å². The molecular formula is C21H19ClN6O5. The number of carboxylic acid groups (broad SMARTS) is 1. The number of rotatable bonds is 4. The second-order valence-corrected chi connectivity index (χ2v) is 8.10. The highest BCUT2D eigenvalue weighted by Crippen LogP contribution is 2.32. The monoisotopic (exact) mass is 470 g/mol. The van der Waals surface area contributed by atoms with E-state index in [-0.39, 0.29) is 17.4 Å². The van der Waals surface area contributed by atoms with Gasteiger partial charge in [-0.3, -0.25) is 4.79 Å². The number of methoxy groups -OCH3 is 1. The van der Waals surface area contributed by atoms with Crippen LogP contribution in [0.1, 0.15) is 24.5 Å². The van der Waals surface area contributed by atoms with Crippen LogP contribution in [-0.2, 0) is 0 Å². The van der Waals surface area contributed by atoms with Crippen molar-refractivity contribution in [2.75, 3.05) is 20.2 Å². The van der Waals surface area contributed by atoms with Gasteiger partial charge in [-0.1, -0.05) is 16.8 Å². The molecule has 0 saturated carbocycles. The minimum atomic E-state index is -0.934. The van der Waals surface area contributed by atoms with Crippen molar-refractivity contribution in [3.63, 3.8) is 0 Å². The van der Waals surface area contributed by atoms with Gasteiger partial charge in [-0.25, -0.2) is 9.31 Å². The first-order valence-electron chi connectivity index (χ1n) is 10.2. The molecule has 1 amide bonds. The molecule has 0 bridgehead atoms. The van der Waals surface area contributed by atoms with Crippen molar-refractivity contribution in [2.45, 2.75) is 18.8 Å². The molecule has 33 heavy (non-hydrogen) atoms. The van der Waals surface area contributed by atoms with Crippen LogP contribution in [0.5, 0.6) is 5.75 Å². The predicted molar refractivity (Wildman–Crippen MR) is 118 cm³/mol. The SMILES string of the molecule is COc1ccc(-c2noc(-c3cnn4c(C5CCN(C(=O)O)CC5)cc(=O)[nH]c34)n2)cc1Cl. The van der Waals surface area contributed by atoms with E-state index in [4.69, 9.17) is 20.9 Å². The van der Waals surface area contributed by atoms with E-state index in [0.717, 1.165) is 0 Å². The summed E-state index contributed by atoms with van der Waals surface area (Å²) in [6.45, 7) is 0.805. The molecule has 2 N–H and O–H groups in total. The topological polar surface area (TPSA) is 139 Å². The first kappa shape index (κ1) is 21.0. The molecule has 1 saturated heterocycles. The highest BCUT2D eigenvalue weighted by Gasteiger charge is 2.27. The number of amides is 1. The number of ether oxygens (including phenoxy) is 1. The zero-order valence-corrected chi connectivity index (χ0v) is 18.2. The van der Waals surface area contributed by atoms with E-state index in [1.807, 2.05) is 0 Å². The van der Waals surface area contributed by atoms with Gasteiger partial charge < -0.3 is 24.3 Å².